The molecule has 2 unspecified atom stereocenters. The summed E-state index contributed by atoms with van der Waals surface area (Å²) in [6.45, 7) is 14.2. The topological polar surface area (TPSA) is 18.5 Å². The molecule has 1 heterocycles. The van der Waals surface area contributed by atoms with Crippen molar-refractivity contribution < 1.29 is 0 Å². The number of likely N-dealkylation sites (tertiary alicyclic amines) is 1. The van der Waals surface area contributed by atoms with E-state index in [9.17, 15) is 0 Å². The highest BCUT2D eigenvalue weighted by molar-refractivity contribution is 4.79. The molecule has 0 aromatic heterocycles. The minimum absolute atomic E-state index is 0.671. The normalized spacial score (nSPS) is 23.5. The smallest absolute Gasteiger partial charge is 0.00792 e. The van der Waals surface area contributed by atoms with Crippen LogP contribution in [0.1, 0.15) is 40.0 Å². The molecular formula is C15H33N3. The van der Waals surface area contributed by atoms with Crippen molar-refractivity contribution in [2.45, 2.75) is 46.1 Å². The van der Waals surface area contributed by atoms with E-state index >= 15 is 0 Å². The molecule has 0 aliphatic carbocycles. The SMILES string of the molecule is CCN(CC)CCCNC(C)C1CCCN(C)C1. The quantitative estimate of drug-likeness (QED) is 0.670. The first-order valence-electron chi connectivity index (χ1n) is 7.81. The van der Waals surface area contributed by atoms with Crippen LogP contribution in [0.3, 0.4) is 0 Å². The van der Waals surface area contributed by atoms with E-state index in [1.807, 2.05) is 0 Å². The monoisotopic (exact) mass is 255 g/mol. The highest BCUT2D eigenvalue weighted by Crippen LogP contribution is 2.18. The number of hydrogen-bond donors (Lipinski definition) is 1. The first kappa shape index (κ1) is 15.9. The molecule has 2 atom stereocenters. The molecule has 0 radical (unpaired) electrons. The lowest BCUT2D eigenvalue weighted by atomic mass is 9.92. The molecule has 1 rings (SSSR count). The maximum Gasteiger partial charge on any atom is 0.00792 e. The number of piperidine rings is 1. The molecule has 0 aromatic rings. The van der Waals surface area contributed by atoms with Crippen molar-refractivity contribution in [3.8, 4) is 0 Å². The Kier molecular flexibility index (Phi) is 7.87. The van der Waals surface area contributed by atoms with Gasteiger partial charge in [0.2, 0.25) is 0 Å². The van der Waals surface area contributed by atoms with Crippen LogP contribution in [0.4, 0.5) is 0 Å². The number of nitrogens with one attached hydrogen (secondary N) is 1. The van der Waals surface area contributed by atoms with Crippen LogP contribution in [-0.2, 0) is 0 Å². The minimum atomic E-state index is 0.671. The van der Waals surface area contributed by atoms with E-state index in [-0.39, 0.29) is 0 Å². The zero-order valence-electron chi connectivity index (χ0n) is 12.9. The average Bonchev–Trinajstić information content (AvgIpc) is 2.38. The molecule has 108 valence electrons. The molecule has 1 aliphatic rings. The van der Waals surface area contributed by atoms with Crippen molar-refractivity contribution in [3.05, 3.63) is 0 Å². The van der Waals surface area contributed by atoms with Gasteiger partial charge < -0.3 is 15.1 Å². The second kappa shape index (κ2) is 8.89. The van der Waals surface area contributed by atoms with Gasteiger partial charge in [0, 0.05) is 12.6 Å². The van der Waals surface area contributed by atoms with Crippen molar-refractivity contribution in [3.63, 3.8) is 0 Å². The van der Waals surface area contributed by atoms with Gasteiger partial charge >= 0.3 is 0 Å². The molecule has 0 aromatic carbocycles. The highest BCUT2D eigenvalue weighted by atomic mass is 15.1. The Hall–Kier alpha value is -0.120. The summed E-state index contributed by atoms with van der Waals surface area (Å²) in [5.41, 5.74) is 0. The molecule has 0 bridgehead atoms. The Bertz CT molecular complexity index is 204. The van der Waals surface area contributed by atoms with Crippen LogP contribution in [-0.4, -0.2) is 62.2 Å². The van der Waals surface area contributed by atoms with Gasteiger partial charge in [-0.1, -0.05) is 13.8 Å². The Balaban J connectivity index is 2.10. The van der Waals surface area contributed by atoms with Gasteiger partial charge in [-0.05, 0) is 71.9 Å². The van der Waals surface area contributed by atoms with Crippen molar-refractivity contribution in [1.29, 1.82) is 0 Å². The lowest BCUT2D eigenvalue weighted by Gasteiger charge is -2.34. The highest BCUT2D eigenvalue weighted by Gasteiger charge is 2.22. The molecule has 1 aliphatic heterocycles. The Morgan fingerprint density at radius 3 is 2.67 bits per heavy atom. The van der Waals surface area contributed by atoms with E-state index < -0.39 is 0 Å². The summed E-state index contributed by atoms with van der Waals surface area (Å²) in [7, 11) is 2.25. The Labute approximate surface area is 114 Å². The molecule has 18 heavy (non-hydrogen) atoms. The number of hydrogen-bond acceptors (Lipinski definition) is 3. The van der Waals surface area contributed by atoms with Gasteiger partial charge in [0.05, 0.1) is 0 Å². The molecule has 0 amide bonds. The first-order chi connectivity index (χ1) is 8.67. The standard InChI is InChI=1S/C15H33N3/c1-5-18(6-2)12-8-10-16-14(3)15-9-7-11-17(4)13-15/h14-16H,5-13H2,1-4H3. The fourth-order valence-corrected chi connectivity index (χ4v) is 2.95. The van der Waals surface area contributed by atoms with Crippen LogP contribution < -0.4 is 5.32 Å². The van der Waals surface area contributed by atoms with E-state index in [4.69, 9.17) is 0 Å². The van der Waals surface area contributed by atoms with Crippen molar-refractivity contribution in [2.24, 2.45) is 5.92 Å². The van der Waals surface area contributed by atoms with Crippen molar-refractivity contribution in [1.82, 2.24) is 15.1 Å². The van der Waals surface area contributed by atoms with Crippen molar-refractivity contribution >= 4 is 0 Å². The molecule has 0 saturated carbocycles. The maximum absolute atomic E-state index is 3.72. The zero-order valence-corrected chi connectivity index (χ0v) is 12.9. The third-order valence-corrected chi connectivity index (χ3v) is 4.38. The van der Waals surface area contributed by atoms with Gasteiger partial charge in [-0.15, -0.1) is 0 Å². The third kappa shape index (κ3) is 5.68. The predicted octanol–water partition coefficient (Wildman–Crippen LogP) is 2.04. The summed E-state index contributed by atoms with van der Waals surface area (Å²) >= 11 is 0. The van der Waals surface area contributed by atoms with E-state index in [0.717, 1.165) is 12.5 Å². The Morgan fingerprint density at radius 1 is 1.33 bits per heavy atom. The summed E-state index contributed by atoms with van der Waals surface area (Å²) in [5.74, 6) is 0.845. The van der Waals surface area contributed by atoms with Crippen LogP contribution in [0.5, 0.6) is 0 Å². The molecule has 3 nitrogen and oxygen atoms in total. The molecule has 1 fully saturated rings. The third-order valence-electron chi connectivity index (χ3n) is 4.38. The summed E-state index contributed by atoms with van der Waals surface area (Å²) in [6, 6.07) is 0.671. The van der Waals surface area contributed by atoms with E-state index in [1.165, 1.54) is 52.0 Å². The molecule has 0 spiro atoms. The molecular weight excluding hydrogens is 222 g/mol. The van der Waals surface area contributed by atoms with Gasteiger partial charge in [0.15, 0.2) is 0 Å². The van der Waals surface area contributed by atoms with Crippen molar-refractivity contribution in [2.75, 3.05) is 46.3 Å². The van der Waals surface area contributed by atoms with Gasteiger partial charge in [-0.25, -0.2) is 0 Å². The van der Waals surface area contributed by atoms with Crippen LogP contribution >= 0.6 is 0 Å². The minimum Gasteiger partial charge on any atom is -0.314 e. The molecule has 1 N–H and O–H groups in total. The van der Waals surface area contributed by atoms with Gasteiger partial charge in [0.1, 0.15) is 0 Å². The predicted molar refractivity (Wildman–Crippen MR) is 80.1 cm³/mol. The van der Waals surface area contributed by atoms with E-state index in [2.05, 4.69) is 42.9 Å². The van der Waals surface area contributed by atoms with Crippen LogP contribution in [0.15, 0.2) is 0 Å². The summed E-state index contributed by atoms with van der Waals surface area (Å²) < 4.78 is 0. The molecule has 3 heteroatoms. The first-order valence-corrected chi connectivity index (χ1v) is 7.81. The van der Waals surface area contributed by atoms with Crippen LogP contribution in [0, 0.1) is 5.92 Å². The maximum atomic E-state index is 3.72. The summed E-state index contributed by atoms with van der Waals surface area (Å²) in [5, 5.41) is 3.72. The second-order valence-electron chi connectivity index (χ2n) is 5.79. The van der Waals surface area contributed by atoms with Gasteiger partial charge in [-0.2, -0.15) is 0 Å². The largest absolute Gasteiger partial charge is 0.314 e. The molecule has 1 saturated heterocycles. The van der Waals surface area contributed by atoms with Gasteiger partial charge in [0.25, 0.3) is 0 Å². The van der Waals surface area contributed by atoms with Crippen LogP contribution in [0.2, 0.25) is 0 Å². The lowest BCUT2D eigenvalue weighted by molar-refractivity contribution is 0.178. The van der Waals surface area contributed by atoms with Crippen LogP contribution in [0.25, 0.3) is 0 Å². The fourth-order valence-electron chi connectivity index (χ4n) is 2.95. The second-order valence-corrected chi connectivity index (χ2v) is 5.79. The van der Waals surface area contributed by atoms with E-state index in [0.29, 0.717) is 6.04 Å². The number of rotatable bonds is 8. The number of nitrogens with zero attached hydrogens (tertiary/aromatic N) is 2. The Morgan fingerprint density at radius 2 is 2.06 bits per heavy atom. The van der Waals surface area contributed by atoms with Gasteiger partial charge in [-0.3, -0.25) is 0 Å². The fraction of sp³-hybridized carbons (Fsp3) is 1.00. The summed E-state index contributed by atoms with van der Waals surface area (Å²) in [4.78, 5) is 4.98. The summed E-state index contributed by atoms with van der Waals surface area (Å²) in [6.07, 6.45) is 4.04. The van der Waals surface area contributed by atoms with E-state index in [1.54, 1.807) is 0 Å². The lowest BCUT2D eigenvalue weighted by Crippen LogP contribution is -2.43. The zero-order chi connectivity index (χ0) is 13.4. The average molecular weight is 255 g/mol.